The number of phosphoric acid groups is 1. The Hall–Kier alpha value is -1.36. The van der Waals surface area contributed by atoms with Crippen molar-refractivity contribution in [1.29, 1.82) is 0 Å². The van der Waals surface area contributed by atoms with Crippen LogP contribution in [0.2, 0.25) is 0 Å². The van der Waals surface area contributed by atoms with Gasteiger partial charge in [0.1, 0.15) is 6.33 Å². The lowest BCUT2D eigenvalue weighted by atomic mass is 10.2. The van der Waals surface area contributed by atoms with Gasteiger partial charge in [-0.15, -0.1) is 5.10 Å². The second-order valence-electron chi connectivity index (χ2n) is 4.40. The molecule has 1 aliphatic rings. The molecule has 11 nitrogen and oxygen atoms in total. The van der Waals surface area contributed by atoms with Crippen LogP contribution in [0.3, 0.4) is 0 Å². The van der Waals surface area contributed by atoms with Crippen molar-refractivity contribution in [2.45, 2.75) is 25.2 Å². The molecule has 1 amide bonds. The van der Waals surface area contributed by atoms with Gasteiger partial charge in [0, 0.05) is 14.2 Å². The largest absolute Gasteiger partial charge is 0.469 e. The second-order valence-corrected chi connectivity index (χ2v) is 5.64. The highest BCUT2D eigenvalue weighted by Gasteiger charge is 2.29. The number of ether oxygens (including phenoxy) is 2. The normalized spacial score (nSPS) is 21.3. The summed E-state index contributed by atoms with van der Waals surface area (Å²) in [5.74, 6) is -0.850. The van der Waals surface area contributed by atoms with Crippen molar-refractivity contribution in [3.8, 4) is 0 Å². The lowest BCUT2D eigenvalue weighted by Gasteiger charge is -2.13. The maximum absolute atomic E-state index is 10.8. The van der Waals surface area contributed by atoms with E-state index < -0.39 is 26.1 Å². The molecule has 12 heteroatoms. The van der Waals surface area contributed by atoms with Crippen LogP contribution in [0, 0.1) is 0 Å². The Labute approximate surface area is 126 Å². The molecule has 0 radical (unpaired) electrons. The van der Waals surface area contributed by atoms with E-state index in [0.717, 1.165) is 0 Å². The summed E-state index contributed by atoms with van der Waals surface area (Å²) in [6.07, 6.45) is 1.54. The number of rotatable bonds is 5. The molecular weight excluding hydrogens is 319 g/mol. The molecule has 0 bridgehead atoms. The predicted octanol–water partition coefficient (Wildman–Crippen LogP) is -0.573. The molecule has 0 spiro atoms. The molecule has 22 heavy (non-hydrogen) atoms. The third-order valence-electron chi connectivity index (χ3n) is 2.54. The van der Waals surface area contributed by atoms with Gasteiger partial charge in [-0.2, -0.15) is 0 Å². The summed E-state index contributed by atoms with van der Waals surface area (Å²) in [7, 11) is -1.24. The Kier molecular flexibility index (Phi) is 7.07. The number of amides is 1. The second kappa shape index (κ2) is 8.32. The highest BCUT2D eigenvalue weighted by atomic mass is 31.2. The Morgan fingerprint density at radius 3 is 2.68 bits per heavy atom. The Balaban J connectivity index is 0.000000745. The van der Waals surface area contributed by atoms with Gasteiger partial charge in [-0.3, -0.25) is 9.32 Å². The molecular formula is C10H19N4O7P. The van der Waals surface area contributed by atoms with Gasteiger partial charge in [0.25, 0.3) is 5.91 Å². The summed E-state index contributed by atoms with van der Waals surface area (Å²) >= 11 is 0. The van der Waals surface area contributed by atoms with Crippen molar-refractivity contribution in [3.05, 3.63) is 12.2 Å². The van der Waals surface area contributed by atoms with Gasteiger partial charge in [-0.1, -0.05) is 0 Å². The first-order valence-corrected chi connectivity index (χ1v) is 7.76. The van der Waals surface area contributed by atoms with Crippen LogP contribution >= 0.6 is 7.82 Å². The molecule has 0 saturated carbocycles. The maximum Gasteiger partial charge on any atom is 0.469 e. The van der Waals surface area contributed by atoms with Crippen LogP contribution in [0.4, 0.5) is 0 Å². The number of nitrogens with zero attached hydrogens (tertiary/aromatic N) is 3. The first-order valence-electron chi connectivity index (χ1n) is 6.23. The lowest BCUT2D eigenvalue weighted by Crippen LogP contribution is -2.17. The minimum absolute atomic E-state index is 0.112. The van der Waals surface area contributed by atoms with Gasteiger partial charge in [0.05, 0.1) is 12.7 Å². The number of carbonyl (C=O) groups excluding carboxylic acids is 1. The molecule has 2 atom stereocenters. The highest BCUT2D eigenvalue weighted by Crippen LogP contribution is 2.37. The Morgan fingerprint density at radius 2 is 2.18 bits per heavy atom. The van der Waals surface area contributed by atoms with E-state index in [1.807, 2.05) is 0 Å². The van der Waals surface area contributed by atoms with Gasteiger partial charge < -0.3 is 25.0 Å². The Bertz CT molecular complexity index is 531. The number of aromatic nitrogens is 3. The van der Waals surface area contributed by atoms with Crippen molar-refractivity contribution in [1.82, 2.24) is 14.8 Å². The predicted molar refractivity (Wildman–Crippen MR) is 72.6 cm³/mol. The monoisotopic (exact) mass is 338 g/mol. The highest BCUT2D eigenvalue weighted by molar-refractivity contribution is 7.46. The van der Waals surface area contributed by atoms with Gasteiger partial charge in [0.15, 0.2) is 6.23 Å². The first kappa shape index (κ1) is 18.7. The van der Waals surface area contributed by atoms with Crippen LogP contribution in [-0.2, 0) is 18.6 Å². The molecule has 2 heterocycles. The average Bonchev–Trinajstić information content (AvgIpc) is 3.05. The summed E-state index contributed by atoms with van der Waals surface area (Å²) in [5.41, 5.74) is 5.02. The van der Waals surface area contributed by atoms with Crippen molar-refractivity contribution in [2.75, 3.05) is 20.8 Å². The van der Waals surface area contributed by atoms with Gasteiger partial charge >= 0.3 is 7.82 Å². The zero-order chi connectivity index (χ0) is 16.8. The van der Waals surface area contributed by atoms with Crippen LogP contribution in [0.1, 0.15) is 29.7 Å². The van der Waals surface area contributed by atoms with Crippen molar-refractivity contribution in [3.63, 3.8) is 0 Å². The molecule has 0 aromatic carbocycles. The van der Waals surface area contributed by atoms with E-state index in [9.17, 15) is 9.36 Å². The summed E-state index contributed by atoms with van der Waals surface area (Å²) in [6.45, 7) is -0.210. The standard InChI is InChI=1S/C8H13N4O6P.C2H6O/c9-7(13)8-10-4-12(11-8)6-2-1-5(18-6)3-17-19(14,15)16;1-3-2/h4-6H,1-3H2,(H2,9,13)(H2,14,15,16);1-2H3. The number of methoxy groups -OCH3 is 1. The third kappa shape index (κ3) is 6.18. The third-order valence-corrected chi connectivity index (χ3v) is 3.02. The fourth-order valence-corrected chi connectivity index (χ4v) is 2.07. The van der Waals surface area contributed by atoms with E-state index in [2.05, 4.69) is 19.3 Å². The molecule has 2 unspecified atom stereocenters. The summed E-state index contributed by atoms with van der Waals surface area (Å²) in [5, 5.41) is 3.85. The zero-order valence-corrected chi connectivity index (χ0v) is 13.0. The molecule has 0 aliphatic carbocycles. The number of primary amides is 1. The SMILES string of the molecule is COC.NC(=O)c1ncn(C2CCC(COP(=O)(O)O)O2)n1. The maximum atomic E-state index is 10.8. The van der Waals surface area contributed by atoms with E-state index >= 15 is 0 Å². The van der Waals surface area contributed by atoms with Crippen LogP contribution in [0.15, 0.2) is 6.33 Å². The molecule has 1 aromatic rings. The van der Waals surface area contributed by atoms with Crippen LogP contribution < -0.4 is 5.73 Å². The molecule has 2 rings (SSSR count). The van der Waals surface area contributed by atoms with Crippen molar-refractivity contribution < 1.29 is 33.1 Å². The minimum Gasteiger partial charge on any atom is -0.388 e. The fraction of sp³-hybridized carbons (Fsp3) is 0.700. The minimum atomic E-state index is -4.49. The van der Waals surface area contributed by atoms with E-state index in [0.29, 0.717) is 12.8 Å². The zero-order valence-electron chi connectivity index (χ0n) is 12.2. The molecule has 1 aromatic heterocycles. The van der Waals surface area contributed by atoms with Crippen LogP contribution in [0.5, 0.6) is 0 Å². The van der Waals surface area contributed by atoms with Gasteiger partial charge in [-0.25, -0.2) is 14.2 Å². The average molecular weight is 338 g/mol. The summed E-state index contributed by atoms with van der Waals surface area (Å²) in [4.78, 5) is 31.7. The van der Waals surface area contributed by atoms with E-state index in [1.165, 1.54) is 11.0 Å². The van der Waals surface area contributed by atoms with Gasteiger partial charge in [-0.05, 0) is 12.8 Å². The smallest absolute Gasteiger partial charge is 0.388 e. The van der Waals surface area contributed by atoms with E-state index in [4.69, 9.17) is 20.3 Å². The molecule has 1 fully saturated rings. The number of carbonyl (C=O) groups is 1. The number of nitrogens with two attached hydrogens (primary N) is 1. The first-order chi connectivity index (χ1) is 10.3. The van der Waals surface area contributed by atoms with Crippen molar-refractivity contribution >= 4 is 13.7 Å². The Morgan fingerprint density at radius 1 is 1.55 bits per heavy atom. The topological polar surface area (TPSA) is 159 Å². The van der Waals surface area contributed by atoms with Crippen LogP contribution in [-0.4, -0.2) is 57.4 Å². The van der Waals surface area contributed by atoms with E-state index in [-0.39, 0.29) is 12.4 Å². The number of hydrogen-bond donors (Lipinski definition) is 3. The molecule has 1 saturated heterocycles. The molecule has 126 valence electrons. The quantitative estimate of drug-likeness (QED) is 0.597. The van der Waals surface area contributed by atoms with Gasteiger partial charge in [0.2, 0.25) is 5.82 Å². The lowest BCUT2D eigenvalue weighted by molar-refractivity contribution is -0.0280. The number of phosphoric ester groups is 1. The molecule has 1 aliphatic heterocycles. The van der Waals surface area contributed by atoms with Crippen molar-refractivity contribution in [2.24, 2.45) is 5.73 Å². The molecule has 4 N–H and O–H groups in total. The fourth-order valence-electron chi connectivity index (χ4n) is 1.71. The number of hydrogen-bond acceptors (Lipinski definition) is 7. The summed E-state index contributed by atoms with van der Waals surface area (Å²) in [6, 6.07) is 0. The summed E-state index contributed by atoms with van der Waals surface area (Å²) < 4.78 is 26.0. The van der Waals surface area contributed by atoms with E-state index in [1.54, 1.807) is 14.2 Å². The van der Waals surface area contributed by atoms with Crippen LogP contribution in [0.25, 0.3) is 0 Å².